The highest BCUT2D eigenvalue weighted by Crippen LogP contribution is 2.48. The lowest BCUT2D eigenvalue weighted by Crippen LogP contribution is -2.43. The van der Waals surface area contributed by atoms with Crippen molar-refractivity contribution in [2.24, 2.45) is 11.3 Å². The van der Waals surface area contributed by atoms with Crippen LogP contribution in [0.1, 0.15) is 37.7 Å². The van der Waals surface area contributed by atoms with E-state index in [1.807, 2.05) is 18.2 Å². The molecule has 0 aromatic heterocycles. The summed E-state index contributed by atoms with van der Waals surface area (Å²) < 4.78 is 0. The minimum absolute atomic E-state index is 0.0783. The summed E-state index contributed by atoms with van der Waals surface area (Å²) in [6.07, 6.45) is 8.41. The van der Waals surface area contributed by atoms with Gasteiger partial charge in [0.25, 0.3) is 0 Å². The van der Waals surface area contributed by atoms with Crippen LogP contribution in [0, 0.1) is 11.3 Å². The van der Waals surface area contributed by atoms with Gasteiger partial charge in [0.1, 0.15) is 0 Å². The Balaban J connectivity index is 1.66. The molecule has 1 aromatic carbocycles. The van der Waals surface area contributed by atoms with E-state index in [1.54, 1.807) is 0 Å². The quantitative estimate of drug-likeness (QED) is 0.839. The van der Waals surface area contributed by atoms with Gasteiger partial charge in [-0.1, -0.05) is 42.5 Å². The van der Waals surface area contributed by atoms with E-state index in [1.165, 1.54) is 5.56 Å². The number of hydrogen-bond donors (Lipinski definition) is 1. The molecule has 3 rings (SSSR count). The third kappa shape index (κ3) is 2.82. The maximum Gasteiger partial charge on any atom is 0.227 e. The van der Waals surface area contributed by atoms with E-state index in [0.717, 1.165) is 19.3 Å². The van der Waals surface area contributed by atoms with Crippen molar-refractivity contribution in [1.82, 2.24) is 5.32 Å². The lowest BCUT2D eigenvalue weighted by atomic mass is 9.76. The Morgan fingerprint density at radius 2 is 1.80 bits per heavy atom. The monoisotopic (exact) mass is 269 g/mol. The molecule has 2 aliphatic rings. The first-order valence-corrected chi connectivity index (χ1v) is 7.21. The van der Waals surface area contributed by atoms with Crippen molar-refractivity contribution in [3.05, 3.63) is 42.0 Å². The predicted octanol–water partition coefficient (Wildman–Crippen LogP) is 2.92. The van der Waals surface area contributed by atoms with Crippen LogP contribution in [0.5, 0.6) is 0 Å². The third-order valence-electron chi connectivity index (χ3n) is 4.45. The fraction of sp³-hybridized carbons (Fsp3) is 0.412. The van der Waals surface area contributed by atoms with Gasteiger partial charge in [0.2, 0.25) is 11.8 Å². The highest BCUT2D eigenvalue weighted by molar-refractivity contribution is 5.98. The van der Waals surface area contributed by atoms with E-state index in [9.17, 15) is 9.59 Å². The van der Waals surface area contributed by atoms with Crippen LogP contribution < -0.4 is 5.32 Å². The van der Waals surface area contributed by atoms with Gasteiger partial charge >= 0.3 is 0 Å². The number of allylic oxidation sites excluding steroid dienone is 1. The molecule has 104 valence electrons. The van der Waals surface area contributed by atoms with Crippen molar-refractivity contribution in [2.75, 3.05) is 0 Å². The number of benzene rings is 1. The molecule has 3 heteroatoms. The van der Waals surface area contributed by atoms with E-state index >= 15 is 0 Å². The van der Waals surface area contributed by atoms with Crippen LogP contribution in [-0.4, -0.2) is 11.8 Å². The molecule has 1 saturated heterocycles. The van der Waals surface area contributed by atoms with Gasteiger partial charge in [-0.25, -0.2) is 0 Å². The SMILES string of the molecule is O=C1CC2(CCC(/C=C/c3ccccc3)C2)CC(=O)N1. The normalized spacial score (nSPS) is 25.3. The number of rotatable bonds is 2. The van der Waals surface area contributed by atoms with Crippen LogP contribution in [0.3, 0.4) is 0 Å². The molecule has 1 atom stereocenters. The fourth-order valence-electron chi connectivity index (χ4n) is 3.54. The number of carbonyl (C=O) groups is 2. The fourth-order valence-corrected chi connectivity index (χ4v) is 3.54. The molecule has 1 aliphatic heterocycles. The molecule has 0 radical (unpaired) electrons. The molecule has 1 heterocycles. The zero-order valence-corrected chi connectivity index (χ0v) is 11.5. The highest BCUT2D eigenvalue weighted by atomic mass is 16.2. The van der Waals surface area contributed by atoms with Crippen molar-refractivity contribution in [3.63, 3.8) is 0 Å². The first kappa shape index (κ1) is 13.1. The van der Waals surface area contributed by atoms with Crippen LogP contribution in [0.2, 0.25) is 0 Å². The summed E-state index contributed by atoms with van der Waals surface area (Å²) in [6, 6.07) is 10.2. The Labute approximate surface area is 119 Å². The maximum atomic E-state index is 11.6. The van der Waals surface area contributed by atoms with E-state index in [0.29, 0.717) is 18.8 Å². The number of piperidine rings is 1. The Morgan fingerprint density at radius 1 is 1.10 bits per heavy atom. The van der Waals surface area contributed by atoms with Crippen molar-refractivity contribution in [3.8, 4) is 0 Å². The first-order valence-electron chi connectivity index (χ1n) is 7.21. The summed E-state index contributed by atoms with van der Waals surface area (Å²) in [5.41, 5.74) is 1.12. The summed E-state index contributed by atoms with van der Waals surface area (Å²) >= 11 is 0. The van der Waals surface area contributed by atoms with E-state index < -0.39 is 0 Å². The van der Waals surface area contributed by atoms with Crippen LogP contribution in [0.25, 0.3) is 6.08 Å². The topological polar surface area (TPSA) is 46.2 Å². The zero-order valence-electron chi connectivity index (χ0n) is 11.5. The summed E-state index contributed by atoms with van der Waals surface area (Å²) in [4.78, 5) is 23.1. The van der Waals surface area contributed by atoms with Gasteiger partial charge in [-0.05, 0) is 36.2 Å². The molecule has 1 saturated carbocycles. The van der Waals surface area contributed by atoms with Gasteiger partial charge in [-0.15, -0.1) is 0 Å². The Hall–Kier alpha value is -1.90. The highest BCUT2D eigenvalue weighted by Gasteiger charge is 2.44. The van der Waals surface area contributed by atoms with Gasteiger partial charge in [-0.2, -0.15) is 0 Å². The van der Waals surface area contributed by atoms with Crippen LogP contribution in [0.4, 0.5) is 0 Å². The minimum atomic E-state index is -0.103. The minimum Gasteiger partial charge on any atom is -0.296 e. The molecule has 2 amide bonds. The number of hydrogen-bond acceptors (Lipinski definition) is 2. The molecule has 1 aliphatic carbocycles. The zero-order chi connectivity index (χ0) is 14.0. The summed E-state index contributed by atoms with van der Waals surface area (Å²) in [6.45, 7) is 0. The summed E-state index contributed by atoms with van der Waals surface area (Å²) in [5.74, 6) is 0.275. The summed E-state index contributed by atoms with van der Waals surface area (Å²) in [5, 5.41) is 2.41. The lowest BCUT2D eigenvalue weighted by molar-refractivity contribution is -0.137. The Morgan fingerprint density at radius 3 is 2.50 bits per heavy atom. The second-order valence-electron chi connectivity index (χ2n) is 6.10. The van der Waals surface area contributed by atoms with Crippen LogP contribution >= 0.6 is 0 Å². The van der Waals surface area contributed by atoms with E-state index in [4.69, 9.17) is 0 Å². The molecular formula is C17H19NO2. The van der Waals surface area contributed by atoms with E-state index in [2.05, 4.69) is 29.6 Å². The molecule has 1 unspecified atom stereocenters. The smallest absolute Gasteiger partial charge is 0.227 e. The number of carbonyl (C=O) groups excluding carboxylic acids is 2. The maximum absolute atomic E-state index is 11.6. The van der Waals surface area contributed by atoms with Gasteiger partial charge < -0.3 is 0 Å². The molecule has 2 fully saturated rings. The average molecular weight is 269 g/mol. The van der Waals surface area contributed by atoms with Crippen molar-refractivity contribution >= 4 is 17.9 Å². The molecule has 1 spiro atoms. The summed E-state index contributed by atoms with van der Waals surface area (Å²) in [7, 11) is 0. The van der Waals surface area contributed by atoms with E-state index in [-0.39, 0.29) is 17.2 Å². The number of amides is 2. The average Bonchev–Trinajstić information content (AvgIpc) is 2.79. The second-order valence-corrected chi connectivity index (χ2v) is 6.10. The van der Waals surface area contributed by atoms with Crippen molar-refractivity contribution < 1.29 is 9.59 Å². The van der Waals surface area contributed by atoms with Gasteiger partial charge in [-0.3, -0.25) is 14.9 Å². The standard InChI is InChI=1S/C17H19NO2/c19-15-11-17(12-16(20)18-15)9-8-14(10-17)7-6-13-4-2-1-3-5-13/h1-7,14H,8-12H2,(H,18,19,20)/b7-6+. The second kappa shape index (κ2) is 5.23. The van der Waals surface area contributed by atoms with Gasteiger partial charge in [0.15, 0.2) is 0 Å². The molecule has 3 nitrogen and oxygen atoms in total. The molecule has 20 heavy (non-hydrogen) atoms. The molecule has 0 bridgehead atoms. The number of nitrogens with one attached hydrogen (secondary N) is 1. The molecular weight excluding hydrogens is 250 g/mol. The Kier molecular flexibility index (Phi) is 3.43. The van der Waals surface area contributed by atoms with Gasteiger partial charge in [0.05, 0.1) is 0 Å². The predicted molar refractivity (Wildman–Crippen MR) is 77.6 cm³/mol. The first-order chi connectivity index (χ1) is 9.65. The van der Waals surface area contributed by atoms with Crippen LogP contribution in [-0.2, 0) is 9.59 Å². The largest absolute Gasteiger partial charge is 0.296 e. The van der Waals surface area contributed by atoms with Crippen molar-refractivity contribution in [1.29, 1.82) is 0 Å². The van der Waals surface area contributed by atoms with Crippen LogP contribution in [0.15, 0.2) is 36.4 Å². The molecule has 1 aromatic rings. The molecule has 1 N–H and O–H groups in total. The Bertz CT molecular complexity index is 531. The van der Waals surface area contributed by atoms with Crippen molar-refractivity contribution in [2.45, 2.75) is 32.1 Å². The van der Waals surface area contributed by atoms with Gasteiger partial charge in [0, 0.05) is 12.8 Å². The lowest BCUT2D eigenvalue weighted by Gasteiger charge is -2.31. The number of imide groups is 1. The third-order valence-corrected chi connectivity index (χ3v) is 4.45.